The molecule has 0 aliphatic carbocycles. The van der Waals surface area contributed by atoms with Crippen LogP contribution < -0.4 is 0 Å². The van der Waals surface area contributed by atoms with Crippen molar-refractivity contribution in [3.8, 4) is 0 Å². The van der Waals surface area contributed by atoms with Crippen molar-refractivity contribution < 1.29 is 5.11 Å². The van der Waals surface area contributed by atoms with Crippen LogP contribution in [-0.2, 0) is 0 Å². The summed E-state index contributed by atoms with van der Waals surface area (Å²) in [4.78, 5) is 2.40. The largest absolute Gasteiger partial charge is 0.396 e. The van der Waals surface area contributed by atoms with Gasteiger partial charge in [0.25, 0.3) is 0 Å². The summed E-state index contributed by atoms with van der Waals surface area (Å²) in [6.07, 6.45) is 3.30. The fraction of sp³-hybridized carbons (Fsp3) is 1.00. The van der Waals surface area contributed by atoms with Crippen LogP contribution in [0.5, 0.6) is 0 Å². The number of aliphatic hydroxyl groups excluding tert-OH is 1. The van der Waals surface area contributed by atoms with Crippen molar-refractivity contribution in [2.24, 2.45) is 5.92 Å². The lowest BCUT2D eigenvalue weighted by Crippen LogP contribution is -2.33. The van der Waals surface area contributed by atoms with Gasteiger partial charge >= 0.3 is 0 Å². The van der Waals surface area contributed by atoms with Crippen LogP contribution in [-0.4, -0.2) is 36.2 Å². The second-order valence-corrected chi connectivity index (χ2v) is 4.25. The first kappa shape index (κ1) is 12.9. The maximum Gasteiger partial charge on any atom is 0.0431 e. The molecule has 0 radical (unpaired) electrons. The minimum absolute atomic E-state index is 0.337. The first-order valence-corrected chi connectivity index (χ1v) is 5.40. The van der Waals surface area contributed by atoms with Crippen LogP contribution in [0.25, 0.3) is 0 Å². The van der Waals surface area contributed by atoms with Gasteiger partial charge in [0.2, 0.25) is 0 Å². The molecule has 2 heteroatoms. The molecular formula is C11H25NO. The van der Waals surface area contributed by atoms with Gasteiger partial charge < -0.3 is 10.0 Å². The van der Waals surface area contributed by atoms with Gasteiger partial charge in [-0.05, 0) is 45.7 Å². The van der Waals surface area contributed by atoms with E-state index in [0.29, 0.717) is 12.6 Å². The first-order valence-electron chi connectivity index (χ1n) is 5.40. The molecule has 0 aliphatic rings. The molecule has 0 amide bonds. The zero-order valence-corrected chi connectivity index (χ0v) is 9.58. The van der Waals surface area contributed by atoms with Crippen LogP contribution in [0.15, 0.2) is 0 Å². The Labute approximate surface area is 82.9 Å². The number of rotatable bonds is 7. The average molecular weight is 187 g/mol. The van der Waals surface area contributed by atoms with Crippen molar-refractivity contribution in [3.05, 3.63) is 0 Å². The first-order chi connectivity index (χ1) is 6.09. The van der Waals surface area contributed by atoms with E-state index in [1.54, 1.807) is 0 Å². The number of unbranched alkanes of at least 4 members (excludes halogenated alkanes) is 2. The topological polar surface area (TPSA) is 23.5 Å². The van der Waals surface area contributed by atoms with Crippen molar-refractivity contribution in [1.82, 2.24) is 4.90 Å². The van der Waals surface area contributed by atoms with Crippen molar-refractivity contribution in [1.29, 1.82) is 0 Å². The molecule has 1 unspecified atom stereocenters. The Morgan fingerprint density at radius 3 is 2.15 bits per heavy atom. The van der Waals surface area contributed by atoms with E-state index in [2.05, 4.69) is 32.7 Å². The molecule has 2 nitrogen and oxygen atoms in total. The molecule has 0 saturated heterocycles. The van der Waals surface area contributed by atoms with Crippen molar-refractivity contribution in [3.63, 3.8) is 0 Å². The van der Waals surface area contributed by atoms with Gasteiger partial charge in [-0.3, -0.25) is 0 Å². The lowest BCUT2D eigenvalue weighted by molar-refractivity contribution is 0.201. The summed E-state index contributed by atoms with van der Waals surface area (Å²) in [6, 6.07) is 0.661. The molecule has 1 atom stereocenters. The van der Waals surface area contributed by atoms with Crippen LogP contribution in [0.3, 0.4) is 0 Å². The highest BCUT2D eigenvalue weighted by atomic mass is 16.2. The molecule has 0 fully saturated rings. The van der Waals surface area contributed by atoms with Crippen LogP contribution in [0, 0.1) is 5.92 Å². The Bertz CT molecular complexity index is 115. The van der Waals surface area contributed by atoms with E-state index < -0.39 is 0 Å². The summed E-state index contributed by atoms with van der Waals surface area (Å²) < 4.78 is 0. The third kappa shape index (κ3) is 6.05. The van der Waals surface area contributed by atoms with Gasteiger partial charge in [0, 0.05) is 12.6 Å². The van der Waals surface area contributed by atoms with Crippen molar-refractivity contribution in [2.45, 2.75) is 46.1 Å². The Morgan fingerprint density at radius 2 is 1.69 bits per heavy atom. The molecule has 0 rings (SSSR count). The summed E-state index contributed by atoms with van der Waals surface area (Å²) >= 11 is 0. The van der Waals surface area contributed by atoms with Gasteiger partial charge in [-0.25, -0.2) is 0 Å². The Balaban J connectivity index is 3.44. The highest BCUT2D eigenvalue weighted by molar-refractivity contribution is 4.66. The van der Waals surface area contributed by atoms with Gasteiger partial charge in [-0.15, -0.1) is 0 Å². The molecule has 0 aromatic carbocycles. The summed E-state index contributed by atoms with van der Waals surface area (Å²) in [5.74, 6) is 0.725. The van der Waals surface area contributed by atoms with E-state index in [1.165, 1.54) is 6.42 Å². The minimum atomic E-state index is 0.337. The SMILES string of the molecule is CC(C)C(C)N(C)CCCCCO. The smallest absolute Gasteiger partial charge is 0.0431 e. The van der Waals surface area contributed by atoms with E-state index in [1.807, 2.05) is 0 Å². The Morgan fingerprint density at radius 1 is 1.08 bits per heavy atom. The van der Waals surface area contributed by atoms with E-state index >= 15 is 0 Å². The molecule has 0 aromatic heterocycles. The lowest BCUT2D eigenvalue weighted by atomic mass is 10.0. The van der Waals surface area contributed by atoms with Gasteiger partial charge in [0.05, 0.1) is 0 Å². The summed E-state index contributed by atoms with van der Waals surface area (Å²) in [6.45, 7) is 8.28. The van der Waals surface area contributed by atoms with Crippen LogP contribution in [0.4, 0.5) is 0 Å². The monoisotopic (exact) mass is 187 g/mol. The highest BCUT2D eigenvalue weighted by Gasteiger charge is 2.11. The number of nitrogens with zero attached hydrogens (tertiary/aromatic N) is 1. The lowest BCUT2D eigenvalue weighted by Gasteiger charge is -2.27. The van der Waals surface area contributed by atoms with Gasteiger partial charge in [-0.2, -0.15) is 0 Å². The maximum absolute atomic E-state index is 8.62. The summed E-state index contributed by atoms with van der Waals surface area (Å²) in [5, 5.41) is 8.62. The molecule has 80 valence electrons. The predicted octanol–water partition coefficient (Wildman–Crippen LogP) is 2.13. The molecule has 0 aliphatic heterocycles. The summed E-state index contributed by atoms with van der Waals surface area (Å²) in [5.41, 5.74) is 0. The van der Waals surface area contributed by atoms with Gasteiger partial charge in [0.1, 0.15) is 0 Å². The fourth-order valence-corrected chi connectivity index (χ4v) is 1.36. The summed E-state index contributed by atoms with van der Waals surface area (Å²) in [7, 11) is 2.18. The minimum Gasteiger partial charge on any atom is -0.396 e. The van der Waals surface area contributed by atoms with E-state index in [4.69, 9.17) is 5.11 Å². The van der Waals surface area contributed by atoms with Crippen molar-refractivity contribution >= 4 is 0 Å². The third-order valence-corrected chi connectivity index (χ3v) is 2.83. The molecule has 0 aromatic rings. The number of aliphatic hydroxyl groups is 1. The molecule has 0 bridgehead atoms. The standard InChI is InChI=1S/C11H25NO/c1-10(2)11(3)12(4)8-6-5-7-9-13/h10-11,13H,5-9H2,1-4H3. The molecule has 0 saturated carbocycles. The third-order valence-electron chi connectivity index (χ3n) is 2.83. The molecule has 0 heterocycles. The van der Waals surface area contributed by atoms with E-state index in [0.717, 1.165) is 25.3 Å². The quantitative estimate of drug-likeness (QED) is 0.617. The zero-order valence-electron chi connectivity index (χ0n) is 9.58. The van der Waals surface area contributed by atoms with Crippen molar-refractivity contribution in [2.75, 3.05) is 20.2 Å². The molecule has 0 spiro atoms. The van der Waals surface area contributed by atoms with Gasteiger partial charge in [0.15, 0.2) is 0 Å². The Hall–Kier alpha value is -0.0800. The fourth-order valence-electron chi connectivity index (χ4n) is 1.36. The van der Waals surface area contributed by atoms with Crippen LogP contribution in [0.2, 0.25) is 0 Å². The maximum atomic E-state index is 8.62. The zero-order chi connectivity index (χ0) is 10.3. The molecule has 13 heavy (non-hydrogen) atoms. The van der Waals surface area contributed by atoms with E-state index in [-0.39, 0.29) is 0 Å². The van der Waals surface area contributed by atoms with Crippen LogP contribution >= 0.6 is 0 Å². The number of hydrogen-bond acceptors (Lipinski definition) is 2. The Kier molecular flexibility index (Phi) is 7.29. The predicted molar refractivity (Wildman–Crippen MR) is 57.9 cm³/mol. The highest BCUT2D eigenvalue weighted by Crippen LogP contribution is 2.09. The number of hydrogen-bond donors (Lipinski definition) is 1. The normalized spacial score (nSPS) is 14.1. The van der Waals surface area contributed by atoms with Crippen LogP contribution in [0.1, 0.15) is 40.0 Å². The van der Waals surface area contributed by atoms with Gasteiger partial charge in [-0.1, -0.05) is 13.8 Å². The molecular weight excluding hydrogens is 162 g/mol. The average Bonchev–Trinajstić information content (AvgIpc) is 2.10. The second-order valence-electron chi connectivity index (χ2n) is 4.25. The van der Waals surface area contributed by atoms with E-state index in [9.17, 15) is 0 Å². The second kappa shape index (κ2) is 7.34. The molecule has 1 N–H and O–H groups in total.